The molecule has 3 rings (SSSR count). The fraction of sp³-hybridized carbons (Fsp3) is 0.300. The van der Waals surface area contributed by atoms with E-state index in [0.717, 1.165) is 19.4 Å². The minimum Gasteiger partial charge on any atom is -0.491 e. The van der Waals surface area contributed by atoms with Crippen LogP contribution in [0.4, 0.5) is 5.69 Å². The van der Waals surface area contributed by atoms with Gasteiger partial charge in [-0.05, 0) is 54.8 Å². The lowest BCUT2D eigenvalue weighted by Crippen LogP contribution is -2.16. The average Bonchev–Trinajstić information content (AvgIpc) is 3.14. The highest BCUT2D eigenvalue weighted by molar-refractivity contribution is 6.04. The lowest BCUT2D eigenvalue weighted by molar-refractivity contribution is -0.136. The molecule has 6 heteroatoms. The first kappa shape index (κ1) is 17.9. The van der Waals surface area contributed by atoms with Gasteiger partial charge in [0.05, 0.1) is 12.5 Å². The average molecular weight is 355 g/mol. The normalized spacial score (nSPS) is 16.2. The molecule has 2 N–H and O–H groups in total. The van der Waals surface area contributed by atoms with E-state index in [4.69, 9.17) is 14.6 Å². The van der Waals surface area contributed by atoms with E-state index in [-0.39, 0.29) is 18.4 Å². The van der Waals surface area contributed by atoms with Gasteiger partial charge in [-0.25, -0.2) is 0 Å². The summed E-state index contributed by atoms with van der Waals surface area (Å²) in [4.78, 5) is 23.1. The number of carbonyl (C=O) groups is 2. The molecule has 1 aliphatic heterocycles. The zero-order valence-corrected chi connectivity index (χ0v) is 14.3. The molecule has 1 fully saturated rings. The van der Waals surface area contributed by atoms with Crippen LogP contribution in [-0.2, 0) is 16.0 Å². The van der Waals surface area contributed by atoms with Crippen molar-refractivity contribution < 1.29 is 24.2 Å². The third-order valence-corrected chi connectivity index (χ3v) is 4.12. The van der Waals surface area contributed by atoms with Gasteiger partial charge in [0.25, 0.3) is 5.91 Å². The Balaban J connectivity index is 1.56. The number of anilines is 1. The van der Waals surface area contributed by atoms with Gasteiger partial charge in [0.15, 0.2) is 0 Å². The number of carboxylic acids is 1. The number of aliphatic carboxylic acids is 1. The lowest BCUT2D eigenvalue weighted by Gasteiger charge is -2.12. The SMILES string of the molecule is O=C(O)Cc1cccc(NC(=O)c2ccc(OCC3CCCO3)cc2)c1. The molecule has 136 valence electrons. The maximum atomic E-state index is 12.3. The summed E-state index contributed by atoms with van der Waals surface area (Å²) in [7, 11) is 0. The van der Waals surface area contributed by atoms with Crippen LogP contribution in [0.3, 0.4) is 0 Å². The Labute approximate surface area is 151 Å². The van der Waals surface area contributed by atoms with Crippen molar-refractivity contribution in [1.29, 1.82) is 0 Å². The summed E-state index contributed by atoms with van der Waals surface area (Å²) in [5.74, 6) is -0.476. The minimum absolute atomic E-state index is 0.0829. The van der Waals surface area contributed by atoms with Crippen molar-refractivity contribution in [3.63, 3.8) is 0 Å². The molecule has 0 bridgehead atoms. The highest BCUT2D eigenvalue weighted by Crippen LogP contribution is 2.18. The van der Waals surface area contributed by atoms with Gasteiger partial charge in [0.2, 0.25) is 0 Å². The number of benzene rings is 2. The highest BCUT2D eigenvalue weighted by atomic mass is 16.5. The van der Waals surface area contributed by atoms with E-state index in [9.17, 15) is 9.59 Å². The molecule has 0 radical (unpaired) electrons. The molecule has 0 spiro atoms. The van der Waals surface area contributed by atoms with E-state index < -0.39 is 5.97 Å². The fourth-order valence-corrected chi connectivity index (χ4v) is 2.80. The van der Waals surface area contributed by atoms with E-state index in [0.29, 0.717) is 29.2 Å². The number of hydrogen-bond donors (Lipinski definition) is 2. The maximum Gasteiger partial charge on any atom is 0.307 e. The molecule has 2 aromatic carbocycles. The van der Waals surface area contributed by atoms with Crippen LogP contribution >= 0.6 is 0 Å². The number of ether oxygens (including phenoxy) is 2. The van der Waals surface area contributed by atoms with Gasteiger partial charge in [0, 0.05) is 17.9 Å². The molecule has 1 atom stereocenters. The van der Waals surface area contributed by atoms with Crippen LogP contribution < -0.4 is 10.1 Å². The standard InChI is InChI=1S/C20H21NO5/c22-19(23)12-14-3-1-4-16(11-14)21-20(24)15-6-8-17(9-7-15)26-13-18-5-2-10-25-18/h1,3-4,6-9,11,18H,2,5,10,12-13H2,(H,21,24)(H,22,23). The first-order valence-corrected chi connectivity index (χ1v) is 8.57. The quantitative estimate of drug-likeness (QED) is 0.797. The zero-order valence-electron chi connectivity index (χ0n) is 14.3. The molecule has 26 heavy (non-hydrogen) atoms. The van der Waals surface area contributed by atoms with E-state index in [1.165, 1.54) is 0 Å². The molecular weight excluding hydrogens is 334 g/mol. The molecule has 2 aromatic rings. The molecule has 1 saturated heterocycles. The largest absolute Gasteiger partial charge is 0.491 e. The van der Waals surface area contributed by atoms with Crippen LogP contribution in [0.5, 0.6) is 5.75 Å². The van der Waals surface area contributed by atoms with Gasteiger partial charge in [0.1, 0.15) is 12.4 Å². The fourth-order valence-electron chi connectivity index (χ4n) is 2.80. The molecule has 0 saturated carbocycles. The second kappa shape index (κ2) is 8.49. The van der Waals surface area contributed by atoms with Crippen LogP contribution in [0.2, 0.25) is 0 Å². The molecule has 1 heterocycles. The topological polar surface area (TPSA) is 84.9 Å². The van der Waals surface area contributed by atoms with Crippen LogP contribution in [-0.4, -0.2) is 36.3 Å². The van der Waals surface area contributed by atoms with Crippen molar-refractivity contribution in [1.82, 2.24) is 0 Å². The number of carbonyl (C=O) groups excluding carboxylic acids is 1. The molecule has 6 nitrogen and oxygen atoms in total. The Morgan fingerprint density at radius 2 is 2.00 bits per heavy atom. The van der Waals surface area contributed by atoms with E-state index in [1.807, 2.05) is 0 Å². The number of hydrogen-bond acceptors (Lipinski definition) is 4. The second-order valence-electron chi connectivity index (χ2n) is 6.20. The summed E-state index contributed by atoms with van der Waals surface area (Å²) in [6.45, 7) is 1.31. The number of amides is 1. The Bertz CT molecular complexity index is 766. The Morgan fingerprint density at radius 1 is 1.19 bits per heavy atom. The van der Waals surface area contributed by atoms with Crippen molar-refractivity contribution in [2.24, 2.45) is 0 Å². The summed E-state index contributed by atoms with van der Waals surface area (Å²) in [6.07, 6.45) is 2.15. The third-order valence-electron chi connectivity index (χ3n) is 4.12. The number of carboxylic acid groups (broad SMARTS) is 1. The molecule has 1 aliphatic rings. The Hall–Kier alpha value is -2.86. The third kappa shape index (κ3) is 5.07. The van der Waals surface area contributed by atoms with Gasteiger partial charge < -0.3 is 19.9 Å². The molecule has 0 aliphatic carbocycles. The van der Waals surface area contributed by atoms with Crippen molar-refractivity contribution in [2.75, 3.05) is 18.5 Å². The van der Waals surface area contributed by atoms with Crippen molar-refractivity contribution in [3.8, 4) is 5.75 Å². The summed E-state index contributed by atoms with van der Waals surface area (Å²) in [5.41, 5.74) is 1.69. The van der Waals surface area contributed by atoms with E-state index >= 15 is 0 Å². The van der Waals surface area contributed by atoms with Crippen LogP contribution in [0, 0.1) is 0 Å². The zero-order chi connectivity index (χ0) is 18.4. The van der Waals surface area contributed by atoms with Crippen LogP contribution in [0.25, 0.3) is 0 Å². The van der Waals surface area contributed by atoms with Gasteiger partial charge >= 0.3 is 5.97 Å². The summed E-state index contributed by atoms with van der Waals surface area (Å²) >= 11 is 0. The lowest BCUT2D eigenvalue weighted by atomic mass is 10.1. The molecule has 1 unspecified atom stereocenters. The molecule has 1 amide bonds. The Kier molecular flexibility index (Phi) is 5.86. The van der Waals surface area contributed by atoms with E-state index in [2.05, 4.69) is 5.32 Å². The van der Waals surface area contributed by atoms with Crippen molar-refractivity contribution >= 4 is 17.6 Å². The first-order chi connectivity index (χ1) is 12.6. The van der Waals surface area contributed by atoms with E-state index in [1.54, 1.807) is 48.5 Å². The van der Waals surface area contributed by atoms with Crippen LogP contribution in [0.15, 0.2) is 48.5 Å². The molecular formula is C20H21NO5. The second-order valence-corrected chi connectivity index (χ2v) is 6.20. The predicted octanol–water partition coefficient (Wildman–Crippen LogP) is 3.12. The summed E-state index contributed by atoms with van der Waals surface area (Å²) in [5, 5.41) is 11.6. The number of nitrogens with one attached hydrogen (secondary N) is 1. The number of rotatable bonds is 7. The summed E-state index contributed by atoms with van der Waals surface area (Å²) in [6, 6.07) is 13.7. The van der Waals surface area contributed by atoms with Gasteiger partial charge in [-0.3, -0.25) is 9.59 Å². The van der Waals surface area contributed by atoms with Crippen molar-refractivity contribution in [2.45, 2.75) is 25.4 Å². The smallest absolute Gasteiger partial charge is 0.307 e. The van der Waals surface area contributed by atoms with Crippen LogP contribution in [0.1, 0.15) is 28.8 Å². The highest BCUT2D eigenvalue weighted by Gasteiger charge is 2.16. The maximum absolute atomic E-state index is 12.3. The van der Waals surface area contributed by atoms with Gasteiger partial charge in [-0.1, -0.05) is 12.1 Å². The van der Waals surface area contributed by atoms with Crippen molar-refractivity contribution in [3.05, 3.63) is 59.7 Å². The monoisotopic (exact) mass is 355 g/mol. The summed E-state index contributed by atoms with van der Waals surface area (Å²) < 4.78 is 11.2. The van der Waals surface area contributed by atoms with Gasteiger partial charge in [-0.2, -0.15) is 0 Å². The first-order valence-electron chi connectivity index (χ1n) is 8.57. The van der Waals surface area contributed by atoms with Gasteiger partial charge in [-0.15, -0.1) is 0 Å². The Morgan fingerprint density at radius 3 is 2.69 bits per heavy atom. The molecule has 0 aromatic heterocycles. The predicted molar refractivity (Wildman–Crippen MR) is 96.6 cm³/mol. The minimum atomic E-state index is -0.910.